The summed E-state index contributed by atoms with van der Waals surface area (Å²) in [7, 11) is 0. The van der Waals surface area contributed by atoms with E-state index < -0.39 is 0 Å². The van der Waals surface area contributed by atoms with Crippen LogP contribution in [0.15, 0.2) is 12.1 Å². The van der Waals surface area contributed by atoms with Crippen molar-refractivity contribution in [3.63, 3.8) is 0 Å². The molecule has 1 aliphatic heterocycles. The van der Waals surface area contributed by atoms with Crippen molar-refractivity contribution >= 4 is 12.0 Å². The van der Waals surface area contributed by atoms with E-state index in [-0.39, 0.29) is 0 Å². The molecule has 1 fully saturated rings. The van der Waals surface area contributed by atoms with E-state index in [1.165, 1.54) is 16.8 Å². The summed E-state index contributed by atoms with van der Waals surface area (Å²) in [6.45, 7) is 7.56. The fourth-order valence-electron chi connectivity index (χ4n) is 2.34. The molecule has 1 aliphatic rings. The second kappa shape index (κ2) is 4.66. The monoisotopic (exact) mass is 219 g/mol. The molecule has 16 heavy (non-hydrogen) atoms. The molecule has 3 heteroatoms. The fourth-order valence-corrected chi connectivity index (χ4v) is 2.34. The minimum atomic E-state index is 0.756. The van der Waals surface area contributed by atoms with Gasteiger partial charge in [0.1, 0.15) is 6.29 Å². The minimum absolute atomic E-state index is 0.756. The van der Waals surface area contributed by atoms with E-state index in [2.05, 4.69) is 18.7 Å². The first-order valence-corrected chi connectivity index (χ1v) is 5.61. The quantitative estimate of drug-likeness (QED) is 0.712. The van der Waals surface area contributed by atoms with Crippen LogP contribution in [0.2, 0.25) is 0 Å². The van der Waals surface area contributed by atoms with Gasteiger partial charge in [0.05, 0.1) is 13.2 Å². The molecule has 1 aromatic carbocycles. The number of morpholine rings is 1. The van der Waals surface area contributed by atoms with E-state index >= 15 is 0 Å². The number of aryl methyl sites for hydroxylation is 2. The van der Waals surface area contributed by atoms with E-state index in [4.69, 9.17) is 4.74 Å². The molecule has 0 atom stereocenters. The maximum atomic E-state index is 10.8. The van der Waals surface area contributed by atoms with Crippen LogP contribution in [0.4, 0.5) is 5.69 Å². The maximum absolute atomic E-state index is 10.8. The van der Waals surface area contributed by atoms with E-state index in [1.807, 2.05) is 12.1 Å². The van der Waals surface area contributed by atoms with Crippen LogP contribution in [-0.4, -0.2) is 32.6 Å². The summed E-state index contributed by atoms with van der Waals surface area (Å²) in [6.07, 6.45) is 0.906. The highest BCUT2D eigenvalue weighted by Gasteiger charge is 2.15. The molecular formula is C13H17NO2. The molecular weight excluding hydrogens is 202 g/mol. The minimum Gasteiger partial charge on any atom is -0.378 e. The van der Waals surface area contributed by atoms with Gasteiger partial charge in [0.2, 0.25) is 0 Å². The lowest BCUT2D eigenvalue weighted by molar-refractivity contribution is 0.112. The molecule has 0 N–H and O–H groups in total. The standard InChI is InChI=1S/C13H17NO2/c1-10-7-12(9-15)8-11(2)13(10)14-3-5-16-6-4-14/h7-9H,3-6H2,1-2H3. The van der Waals surface area contributed by atoms with Crippen molar-refractivity contribution < 1.29 is 9.53 Å². The topological polar surface area (TPSA) is 29.5 Å². The number of aldehydes is 1. The number of hydrogen-bond donors (Lipinski definition) is 0. The first-order valence-electron chi connectivity index (χ1n) is 5.61. The Hall–Kier alpha value is -1.35. The highest BCUT2D eigenvalue weighted by Crippen LogP contribution is 2.26. The maximum Gasteiger partial charge on any atom is 0.150 e. The molecule has 1 aromatic rings. The molecule has 1 heterocycles. The van der Waals surface area contributed by atoms with Crippen molar-refractivity contribution in [3.8, 4) is 0 Å². The van der Waals surface area contributed by atoms with Gasteiger partial charge in [-0.25, -0.2) is 0 Å². The summed E-state index contributed by atoms with van der Waals surface area (Å²) in [4.78, 5) is 13.1. The summed E-state index contributed by atoms with van der Waals surface area (Å²) < 4.78 is 5.35. The second-order valence-electron chi connectivity index (χ2n) is 4.22. The lowest BCUT2D eigenvalue weighted by Gasteiger charge is -2.31. The Morgan fingerprint density at radius 1 is 1.19 bits per heavy atom. The Bertz CT molecular complexity index is 372. The number of anilines is 1. The Kier molecular flexibility index (Phi) is 3.25. The zero-order valence-electron chi connectivity index (χ0n) is 9.82. The van der Waals surface area contributed by atoms with E-state index in [9.17, 15) is 4.79 Å². The van der Waals surface area contributed by atoms with Gasteiger partial charge in [0.15, 0.2) is 0 Å². The Morgan fingerprint density at radius 2 is 1.75 bits per heavy atom. The smallest absolute Gasteiger partial charge is 0.150 e. The third-order valence-electron chi connectivity index (χ3n) is 2.98. The van der Waals surface area contributed by atoms with Crippen molar-refractivity contribution in [2.45, 2.75) is 13.8 Å². The van der Waals surface area contributed by atoms with Crippen LogP contribution in [0.1, 0.15) is 21.5 Å². The number of benzene rings is 1. The number of rotatable bonds is 2. The van der Waals surface area contributed by atoms with E-state index in [0.29, 0.717) is 0 Å². The fraction of sp³-hybridized carbons (Fsp3) is 0.462. The first-order chi connectivity index (χ1) is 7.72. The Balaban J connectivity index is 2.35. The van der Waals surface area contributed by atoms with E-state index in [0.717, 1.165) is 38.2 Å². The zero-order chi connectivity index (χ0) is 11.5. The van der Waals surface area contributed by atoms with Crippen molar-refractivity contribution in [1.29, 1.82) is 0 Å². The summed E-state index contributed by atoms with van der Waals surface area (Å²) in [5.41, 5.74) is 4.36. The van der Waals surface area contributed by atoms with E-state index in [1.54, 1.807) is 0 Å². The molecule has 3 nitrogen and oxygen atoms in total. The predicted molar refractivity (Wildman–Crippen MR) is 64.3 cm³/mol. The van der Waals surface area contributed by atoms with Crippen molar-refractivity contribution in [2.24, 2.45) is 0 Å². The van der Waals surface area contributed by atoms with Crippen LogP contribution < -0.4 is 4.90 Å². The van der Waals surface area contributed by atoms with Gasteiger partial charge in [-0.3, -0.25) is 4.79 Å². The highest BCUT2D eigenvalue weighted by molar-refractivity contribution is 5.78. The molecule has 1 saturated heterocycles. The molecule has 0 bridgehead atoms. The predicted octanol–water partition coefficient (Wildman–Crippen LogP) is 1.95. The summed E-state index contributed by atoms with van der Waals surface area (Å²) >= 11 is 0. The van der Waals surface area contributed by atoms with Gasteiger partial charge in [-0.15, -0.1) is 0 Å². The van der Waals surface area contributed by atoms with Gasteiger partial charge in [-0.05, 0) is 37.1 Å². The van der Waals surface area contributed by atoms with Gasteiger partial charge in [0.25, 0.3) is 0 Å². The van der Waals surface area contributed by atoms with Gasteiger partial charge >= 0.3 is 0 Å². The van der Waals surface area contributed by atoms with Crippen LogP contribution in [0.25, 0.3) is 0 Å². The molecule has 2 rings (SSSR count). The van der Waals surface area contributed by atoms with Crippen molar-refractivity contribution in [3.05, 3.63) is 28.8 Å². The molecule has 0 spiro atoms. The lowest BCUT2D eigenvalue weighted by Crippen LogP contribution is -2.37. The van der Waals surface area contributed by atoms with Gasteiger partial charge in [-0.2, -0.15) is 0 Å². The third-order valence-corrected chi connectivity index (χ3v) is 2.98. The lowest BCUT2D eigenvalue weighted by atomic mass is 10.0. The van der Waals surface area contributed by atoms with Crippen LogP contribution in [0.3, 0.4) is 0 Å². The van der Waals surface area contributed by atoms with Crippen LogP contribution in [-0.2, 0) is 4.74 Å². The normalized spacial score (nSPS) is 16.2. The van der Waals surface area contributed by atoms with Crippen molar-refractivity contribution in [1.82, 2.24) is 0 Å². The third kappa shape index (κ3) is 2.09. The number of carbonyl (C=O) groups excluding carboxylic acids is 1. The summed E-state index contributed by atoms with van der Waals surface area (Å²) in [5, 5.41) is 0. The largest absolute Gasteiger partial charge is 0.378 e. The molecule has 0 unspecified atom stereocenters. The van der Waals surface area contributed by atoms with Gasteiger partial charge < -0.3 is 9.64 Å². The van der Waals surface area contributed by atoms with Crippen molar-refractivity contribution in [2.75, 3.05) is 31.2 Å². The van der Waals surface area contributed by atoms with Gasteiger partial charge in [0, 0.05) is 24.3 Å². The average Bonchev–Trinajstić information content (AvgIpc) is 2.29. The number of nitrogens with zero attached hydrogens (tertiary/aromatic N) is 1. The Labute approximate surface area is 96.0 Å². The van der Waals surface area contributed by atoms with Crippen LogP contribution in [0, 0.1) is 13.8 Å². The summed E-state index contributed by atoms with van der Waals surface area (Å²) in [5.74, 6) is 0. The second-order valence-corrected chi connectivity index (χ2v) is 4.22. The molecule has 0 aromatic heterocycles. The zero-order valence-corrected chi connectivity index (χ0v) is 9.82. The molecule has 0 amide bonds. The average molecular weight is 219 g/mol. The highest BCUT2D eigenvalue weighted by atomic mass is 16.5. The molecule has 0 aliphatic carbocycles. The van der Waals surface area contributed by atoms with Gasteiger partial charge in [-0.1, -0.05) is 0 Å². The number of carbonyl (C=O) groups is 1. The molecule has 0 radical (unpaired) electrons. The SMILES string of the molecule is Cc1cc(C=O)cc(C)c1N1CCOCC1. The van der Waals surface area contributed by atoms with Crippen LogP contribution >= 0.6 is 0 Å². The Morgan fingerprint density at radius 3 is 2.25 bits per heavy atom. The number of ether oxygens (including phenoxy) is 1. The first kappa shape index (κ1) is 11.1. The molecule has 86 valence electrons. The van der Waals surface area contributed by atoms with Crippen LogP contribution in [0.5, 0.6) is 0 Å². The molecule has 0 saturated carbocycles. The number of hydrogen-bond acceptors (Lipinski definition) is 3. The summed E-state index contributed by atoms with van der Waals surface area (Å²) in [6, 6.07) is 3.90.